The Bertz CT molecular complexity index is 1280. The number of benzene rings is 3. The molecule has 12 nitrogen and oxygen atoms in total. The van der Waals surface area contributed by atoms with E-state index >= 15 is 0 Å². The first-order valence-corrected chi connectivity index (χ1v) is 9.45. The van der Waals surface area contributed by atoms with Gasteiger partial charge in [0.1, 0.15) is 11.4 Å². The number of nitrogen functional groups attached to an aromatic ring is 2. The van der Waals surface area contributed by atoms with Crippen LogP contribution in [-0.4, -0.2) is 22.9 Å². The predicted molar refractivity (Wildman–Crippen MR) is 124 cm³/mol. The molecule has 0 saturated carbocycles. The van der Waals surface area contributed by atoms with Crippen molar-refractivity contribution >= 4 is 51.5 Å². The van der Waals surface area contributed by atoms with E-state index in [1.807, 2.05) is 6.92 Å². The molecule has 0 atom stereocenters. The van der Waals surface area contributed by atoms with Crippen LogP contribution in [0.3, 0.4) is 0 Å². The van der Waals surface area contributed by atoms with Crippen molar-refractivity contribution in [3.8, 4) is 0 Å². The molecule has 6 N–H and O–H groups in total. The van der Waals surface area contributed by atoms with Crippen molar-refractivity contribution in [2.75, 3.05) is 29.2 Å². The number of hydrogen-bond donors (Lipinski definition) is 4. The SMILES string of the molecule is COC(=O)c1cc(N)cc(Nc2cc(Nc3ccc(C)c(N)c3)c([N+](=O)[O-])cc2[N+](=O)[O-])c1. The second-order valence-electron chi connectivity index (χ2n) is 7.06. The molecule has 0 aliphatic heterocycles. The molecule has 0 bridgehead atoms. The van der Waals surface area contributed by atoms with Crippen LogP contribution in [0.25, 0.3) is 0 Å². The minimum atomic E-state index is -0.753. The summed E-state index contributed by atoms with van der Waals surface area (Å²) in [4.78, 5) is 33.6. The van der Waals surface area contributed by atoms with E-state index in [2.05, 4.69) is 15.4 Å². The van der Waals surface area contributed by atoms with Gasteiger partial charge in [-0.3, -0.25) is 20.2 Å². The van der Waals surface area contributed by atoms with Crippen LogP contribution >= 0.6 is 0 Å². The highest BCUT2D eigenvalue weighted by Gasteiger charge is 2.25. The van der Waals surface area contributed by atoms with E-state index in [-0.39, 0.29) is 28.3 Å². The van der Waals surface area contributed by atoms with Crippen molar-refractivity contribution in [3.05, 3.63) is 79.9 Å². The zero-order valence-electron chi connectivity index (χ0n) is 17.6. The first-order chi connectivity index (χ1) is 15.6. The Hall–Kier alpha value is -4.87. The second-order valence-corrected chi connectivity index (χ2v) is 7.06. The molecule has 0 aliphatic carbocycles. The van der Waals surface area contributed by atoms with Gasteiger partial charge < -0.3 is 26.8 Å². The van der Waals surface area contributed by atoms with Gasteiger partial charge >= 0.3 is 5.97 Å². The summed E-state index contributed by atoms with van der Waals surface area (Å²) in [6, 6.07) is 11.3. The second kappa shape index (κ2) is 9.09. The third-order valence-electron chi connectivity index (χ3n) is 4.72. The van der Waals surface area contributed by atoms with Gasteiger partial charge in [0.25, 0.3) is 11.4 Å². The number of rotatable bonds is 7. The van der Waals surface area contributed by atoms with E-state index in [1.165, 1.54) is 31.4 Å². The first-order valence-electron chi connectivity index (χ1n) is 9.45. The lowest BCUT2D eigenvalue weighted by Gasteiger charge is -2.13. The highest BCUT2D eigenvalue weighted by molar-refractivity contribution is 5.92. The Morgan fingerprint density at radius 2 is 1.48 bits per heavy atom. The standard InChI is InChI=1S/C21H20N6O6/c1-11-3-4-14(8-16(11)23)24-17-9-18(20(27(31)32)10-19(17)26(29)30)25-15-6-12(21(28)33-2)5-13(22)7-15/h3-10,24-25H,22-23H2,1-2H3. The van der Waals surface area contributed by atoms with Crippen molar-refractivity contribution in [2.45, 2.75) is 6.92 Å². The van der Waals surface area contributed by atoms with Gasteiger partial charge in [-0.15, -0.1) is 0 Å². The number of esters is 1. The van der Waals surface area contributed by atoms with Crippen LogP contribution in [0.1, 0.15) is 15.9 Å². The minimum absolute atomic E-state index is 0.00607. The van der Waals surface area contributed by atoms with Crippen LogP contribution in [0.2, 0.25) is 0 Å². The monoisotopic (exact) mass is 452 g/mol. The van der Waals surface area contributed by atoms with E-state index in [9.17, 15) is 25.0 Å². The molecule has 3 aromatic carbocycles. The summed E-state index contributed by atoms with van der Waals surface area (Å²) in [6.45, 7) is 1.81. The number of carbonyl (C=O) groups excluding carboxylic acids is 1. The summed E-state index contributed by atoms with van der Waals surface area (Å²) in [5, 5.41) is 28.9. The van der Waals surface area contributed by atoms with Crippen LogP contribution in [0.5, 0.6) is 0 Å². The summed E-state index contributed by atoms with van der Waals surface area (Å²) >= 11 is 0. The molecule has 0 spiro atoms. The predicted octanol–water partition coefficient (Wildman–Crippen LogP) is 4.25. The average molecular weight is 452 g/mol. The Morgan fingerprint density at radius 3 is 2.03 bits per heavy atom. The van der Waals surface area contributed by atoms with Crippen LogP contribution in [0.4, 0.5) is 45.5 Å². The molecule has 0 saturated heterocycles. The lowest BCUT2D eigenvalue weighted by molar-refractivity contribution is -0.393. The molecule has 3 aromatic rings. The summed E-state index contributed by atoms with van der Waals surface area (Å²) in [5.74, 6) is -0.650. The quantitative estimate of drug-likeness (QED) is 0.174. The molecule has 0 heterocycles. The largest absolute Gasteiger partial charge is 0.465 e. The zero-order chi connectivity index (χ0) is 24.3. The summed E-state index contributed by atoms with van der Waals surface area (Å²) in [5.41, 5.74) is 13.0. The topological polar surface area (TPSA) is 189 Å². The van der Waals surface area contributed by atoms with Gasteiger partial charge in [-0.2, -0.15) is 0 Å². The van der Waals surface area contributed by atoms with E-state index in [1.54, 1.807) is 18.2 Å². The van der Waals surface area contributed by atoms with Crippen molar-refractivity contribution in [3.63, 3.8) is 0 Å². The van der Waals surface area contributed by atoms with Crippen molar-refractivity contribution in [1.82, 2.24) is 0 Å². The number of hydrogen-bond acceptors (Lipinski definition) is 10. The van der Waals surface area contributed by atoms with Crippen LogP contribution in [0, 0.1) is 27.2 Å². The van der Waals surface area contributed by atoms with Gasteiger partial charge in [-0.05, 0) is 48.9 Å². The minimum Gasteiger partial charge on any atom is -0.465 e. The van der Waals surface area contributed by atoms with Crippen molar-refractivity contribution in [1.29, 1.82) is 0 Å². The molecule has 0 unspecified atom stereocenters. The molecule has 0 aromatic heterocycles. The lowest BCUT2D eigenvalue weighted by Crippen LogP contribution is -2.05. The Morgan fingerprint density at radius 1 is 0.879 bits per heavy atom. The molecule has 0 aliphatic rings. The normalized spacial score (nSPS) is 10.4. The summed E-state index contributed by atoms with van der Waals surface area (Å²) in [7, 11) is 1.20. The number of nitro benzene ring substituents is 2. The molecular formula is C21H20N6O6. The number of nitrogens with two attached hydrogens (primary N) is 2. The summed E-state index contributed by atoms with van der Waals surface area (Å²) < 4.78 is 4.68. The molecule has 3 rings (SSSR count). The molecule has 0 radical (unpaired) electrons. The Labute approximate surface area is 187 Å². The lowest BCUT2D eigenvalue weighted by atomic mass is 10.1. The van der Waals surface area contributed by atoms with E-state index in [4.69, 9.17) is 11.5 Å². The molecular weight excluding hydrogens is 432 g/mol. The first kappa shape index (κ1) is 22.8. The number of carbonyl (C=O) groups is 1. The molecule has 12 heteroatoms. The Balaban J connectivity index is 2.10. The third kappa shape index (κ3) is 5.07. The number of nitrogens with one attached hydrogen (secondary N) is 2. The number of ether oxygens (including phenoxy) is 1. The maximum atomic E-state index is 11.9. The van der Waals surface area contributed by atoms with Gasteiger partial charge in [-0.1, -0.05) is 6.07 Å². The highest BCUT2D eigenvalue weighted by atomic mass is 16.6. The maximum Gasteiger partial charge on any atom is 0.337 e. The number of nitro groups is 2. The molecule has 33 heavy (non-hydrogen) atoms. The van der Waals surface area contributed by atoms with Crippen LogP contribution in [-0.2, 0) is 4.74 Å². The zero-order valence-corrected chi connectivity index (χ0v) is 17.6. The third-order valence-corrected chi connectivity index (χ3v) is 4.72. The number of aryl methyl sites for hydroxylation is 1. The van der Waals surface area contributed by atoms with E-state index < -0.39 is 27.2 Å². The molecule has 0 fully saturated rings. The van der Waals surface area contributed by atoms with Gasteiger partial charge in [-0.25, -0.2) is 4.79 Å². The fraction of sp³-hybridized carbons (Fsp3) is 0.0952. The van der Waals surface area contributed by atoms with Crippen LogP contribution < -0.4 is 22.1 Å². The van der Waals surface area contributed by atoms with Crippen LogP contribution in [0.15, 0.2) is 48.5 Å². The average Bonchev–Trinajstić information content (AvgIpc) is 2.75. The van der Waals surface area contributed by atoms with Crippen molar-refractivity contribution < 1.29 is 19.4 Å². The maximum absolute atomic E-state index is 11.9. The smallest absolute Gasteiger partial charge is 0.337 e. The van der Waals surface area contributed by atoms with Gasteiger partial charge in [0.2, 0.25) is 0 Å². The van der Waals surface area contributed by atoms with Gasteiger partial charge in [0.05, 0.1) is 28.6 Å². The van der Waals surface area contributed by atoms with Gasteiger partial charge in [0, 0.05) is 22.7 Å². The van der Waals surface area contributed by atoms with E-state index in [0.717, 1.165) is 11.6 Å². The fourth-order valence-corrected chi connectivity index (χ4v) is 3.07. The highest BCUT2D eigenvalue weighted by Crippen LogP contribution is 2.39. The number of methoxy groups -OCH3 is 1. The van der Waals surface area contributed by atoms with Gasteiger partial charge in [0.15, 0.2) is 0 Å². The summed E-state index contributed by atoms with van der Waals surface area (Å²) in [6.07, 6.45) is 0. The Kier molecular flexibility index (Phi) is 6.29. The number of nitrogens with zero attached hydrogens (tertiary/aromatic N) is 2. The van der Waals surface area contributed by atoms with Crippen molar-refractivity contribution in [2.24, 2.45) is 0 Å². The van der Waals surface area contributed by atoms with E-state index in [0.29, 0.717) is 11.4 Å². The number of anilines is 6. The molecule has 170 valence electrons. The molecule has 0 amide bonds. The fourth-order valence-electron chi connectivity index (χ4n) is 3.07.